The second kappa shape index (κ2) is 5.14. The topological polar surface area (TPSA) is 87.8 Å². The number of halogens is 1. The maximum atomic E-state index is 12.1. The first-order valence-corrected chi connectivity index (χ1v) is 6.96. The first kappa shape index (κ1) is 14.6. The van der Waals surface area contributed by atoms with Crippen molar-refractivity contribution < 1.29 is 19.3 Å². The molecule has 0 aliphatic carbocycles. The van der Waals surface area contributed by atoms with Gasteiger partial charge in [0.25, 0.3) is 0 Å². The molecule has 1 aromatic heterocycles. The Morgan fingerprint density at radius 3 is 2.68 bits per heavy atom. The van der Waals surface area contributed by atoms with Gasteiger partial charge in [0, 0.05) is 11.1 Å². The summed E-state index contributed by atoms with van der Waals surface area (Å²) in [5.74, 6) is -0.820. The van der Waals surface area contributed by atoms with E-state index in [9.17, 15) is 9.90 Å². The Morgan fingerprint density at radius 2 is 2.09 bits per heavy atom. The Morgan fingerprint density at radius 1 is 1.36 bits per heavy atom. The van der Waals surface area contributed by atoms with E-state index in [-0.39, 0.29) is 10.7 Å². The highest BCUT2D eigenvalue weighted by atomic mass is 35.5. The molecule has 22 heavy (non-hydrogen) atoms. The summed E-state index contributed by atoms with van der Waals surface area (Å²) in [6.45, 7) is 3.27. The number of hydrogen-bond acceptors (Lipinski definition) is 6. The highest BCUT2D eigenvalue weighted by Crippen LogP contribution is 2.47. The van der Waals surface area contributed by atoms with Gasteiger partial charge in [0.15, 0.2) is 6.10 Å². The summed E-state index contributed by atoms with van der Waals surface area (Å²) < 4.78 is 5.02. The Bertz CT molecular complexity index is 770. The SMILES string of the molecule is CC1=NOC(c2cc(C)on2)C1(C(=O)[O-])c1ccccc1Cl. The molecule has 7 heteroatoms. The zero-order valence-electron chi connectivity index (χ0n) is 11.9. The van der Waals surface area contributed by atoms with E-state index in [0.717, 1.165) is 0 Å². The number of hydrogen-bond donors (Lipinski definition) is 0. The number of carboxylic acid groups (broad SMARTS) is 1. The van der Waals surface area contributed by atoms with Crippen LogP contribution in [0.15, 0.2) is 40.0 Å². The number of aromatic nitrogens is 1. The lowest BCUT2D eigenvalue weighted by molar-refractivity contribution is -0.313. The molecule has 6 nitrogen and oxygen atoms in total. The molecular weight excluding hydrogens is 308 g/mol. The first-order chi connectivity index (χ1) is 10.5. The van der Waals surface area contributed by atoms with Crippen molar-refractivity contribution in [1.82, 2.24) is 5.16 Å². The molecule has 2 heterocycles. The maximum absolute atomic E-state index is 12.1. The van der Waals surface area contributed by atoms with Crippen molar-refractivity contribution in [2.24, 2.45) is 5.16 Å². The lowest BCUT2D eigenvalue weighted by Gasteiger charge is -2.34. The number of aliphatic carboxylic acids is 1. The van der Waals surface area contributed by atoms with Crippen molar-refractivity contribution in [3.05, 3.63) is 52.4 Å². The van der Waals surface area contributed by atoms with E-state index >= 15 is 0 Å². The predicted octanol–water partition coefficient (Wildman–Crippen LogP) is 1.77. The minimum Gasteiger partial charge on any atom is -0.549 e. The summed E-state index contributed by atoms with van der Waals surface area (Å²) >= 11 is 6.22. The number of oxime groups is 1. The molecule has 0 fully saturated rings. The van der Waals surface area contributed by atoms with Crippen LogP contribution < -0.4 is 5.11 Å². The highest BCUT2D eigenvalue weighted by molar-refractivity contribution is 6.32. The minimum atomic E-state index is -1.65. The monoisotopic (exact) mass is 319 g/mol. The van der Waals surface area contributed by atoms with Crippen LogP contribution in [0.1, 0.15) is 30.0 Å². The van der Waals surface area contributed by atoms with E-state index < -0.39 is 17.5 Å². The van der Waals surface area contributed by atoms with Gasteiger partial charge in [-0.25, -0.2) is 0 Å². The average Bonchev–Trinajstić information content (AvgIpc) is 3.04. The van der Waals surface area contributed by atoms with Crippen molar-refractivity contribution in [1.29, 1.82) is 0 Å². The van der Waals surface area contributed by atoms with Gasteiger partial charge in [-0.05, 0) is 25.5 Å². The van der Waals surface area contributed by atoms with Crippen LogP contribution >= 0.6 is 11.6 Å². The van der Waals surface area contributed by atoms with Gasteiger partial charge >= 0.3 is 0 Å². The molecule has 0 N–H and O–H groups in total. The third kappa shape index (κ3) is 1.91. The second-order valence-electron chi connectivity index (χ2n) is 5.10. The Hall–Kier alpha value is -2.34. The number of aryl methyl sites for hydroxylation is 1. The summed E-state index contributed by atoms with van der Waals surface area (Å²) in [4.78, 5) is 17.4. The normalized spacial score (nSPS) is 24.0. The van der Waals surface area contributed by atoms with E-state index in [4.69, 9.17) is 21.0 Å². The summed E-state index contributed by atoms with van der Waals surface area (Å²) in [5, 5.41) is 20.1. The number of benzene rings is 1. The Kier molecular flexibility index (Phi) is 3.41. The summed E-state index contributed by atoms with van der Waals surface area (Å²) in [5.41, 5.74) is -0.740. The first-order valence-electron chi connectivity index (χ1n) is 6.58. The lowest BCUT2D eigenvalue weighted by atomic mass is 9.71. The van der Waals surface area contributed by atoms with E-state index in [1.807, 2.05) is 0 Å². The van der Waals surface area contributed by atoms with Gasteiger partial charge in [-0.1, -0.05) is 40.1 Å². The number of carbonyl (C=O) groups excluding carboxylic acids is 1. The number of rotatable bonds is 3. The van der Waals surface area contributed by atoms with E-state index in [2.05, 4.69) is 10.3 Å². The zero-order valence-corrected chi connectivity index (χ0v) is 12.6. The fourth-order valence-electron chi connectivity index (χ4n) is 2.74. The fourth-order valence-corrected chi connectivity index (χ4v) is 3.02. The zero-order chi connectivity index (χ0) is 15.9. The highest BCUT2D eigenvalue weighted by Gasteiger charge is 2.54. The molecule has 114 valence electrons. The van der Waals surface area contributed by atoms with Gasteiger partial charge in [-0.3, -0.25) is 0 Å². The third-order valence-corrected chi connectivity index (χ3v) is 4.12. The van der Waals surface area contributed by atoms with Crippen LogP contribution in [-0.2, 0) is 15.0 Å². The molecule has 3 rings (SSSR count). The summed E-state index contributed by atoms with van der Waals surface area (Å²) in [6, 6.07) is 8.24. The largest absolute Gasteiger partial charge is 0.549 e. The van der Waals surface area contributed by atoms with Crippen molar-refractivity contribution in [2.45, 2.75) is 25.4 Å². The molecule has 0 radical (unpaired) electrons. The van der Waals surface area contributed by atoms with Gasteiger partial charge in [0.2, 0.25) is 0 Å². The molecule has 2 aromatic rings. The molecule has 0 saturated carbocycles. The molecule has 0 saturated heterocycles. The Balaban J connectivity index is 2.25. The van der Waals surface area contributed by atoms with Crippen molar-refractivity contribution >= 4 is 23.3 Å². The van der Waals surface area contributed by atoms with Crippen LogP contribution in [0.3, 0.4) is 0 Å². The lowest BCUT2D eigenvalue weighted by Crippen LogP contribution is -2.52. The van der Waals surface area contributed by atoms with Gasteiger partial charge in [0.1, 0.15) is 16.9 Å². The van der Waals surface area contributed by atoms with Crippen LogP contribution in [0.4, 0.5) is 0 Å². The number of carboxylic acids is 1. The molecule has 1 aliphatic heterocycles. The van der Waals surface area contributed by atoms with Crippen molar-refractivity contribution in [3.63, 3.8) is 0 Å². The molecule has 0 amide bonds. The van der Waals surface area contributed by atoms with Crippen LogP contribution in [0.25, 0.3) is 0 Å². The van der Waals surface area contributed by atoms with Gasteiger partial charge in [-0.15, -0.1) is 0 Å². The average molecular weight is 320 g/mol. The summed E-state index contributed by atoms with van der Waals surface area (Å²) in [6.07, 6.45) is -1.00. The fraction of sp³-hybridized carbons (Fsp3) is 0.267. The second-order valence-corrected chi connectivity index (χ2v) is 5.51. The molecule has 0 bridgehead atoms. The smallest absolute Gasteiger partial charge is 0.192 e. The molecular formula is C15H12ClN2O4-. The van der Waals surface area contributed by atoms with Crippen LogP contribution in [-0.4, -0.2) is 16.8 Å². The number of carbonyl (C=O) groups is 1. The van der Waals surface area contributed by atoms with Crippen LogP contribution in [0.2, 0.25) is 5.02 Å². The number of nitrogens with zero attached hydrogens (tertiary/aromatic N) is 2. The van der Waals surface area contributed by atoms with Crippen molar-refractivity contribution in [3.8, 4) is 0 Å². The standard InChI is InChI=1S/C15H13ClN2O4/c1-8-7-12(18-21-8)13-15(14(19)20,9(2)17-22-13)10-5-3-4-6-11(10)16/h3-7,13H,1-2H3,(H,19,20)/p-1. The molecule has 1 aliphatic rings. The maximum Gasteiger partial charge on any atom is 0.192 e. The minimum absolute atomic E-state index is 0.242. The van der Waals surface area contributed by atoms with Gasteiger partial charge in [0.05, 0.1) is 11.7 Å². The van der Waals surface area contributed by atoms with Crippen molar-refractivity contribution in [2.75, 3.05) is 0 Å². The molecule has 2 atom stereocenters. The van der Waals surface area contributed by atoms with E-state index in [1.54, 1.807) is 44.2 Å². The van der Waals surface area contributed by atoms with Gasteiger partial charge in [-0.2, -0.15) is 0 Å². The molecule has 2 unspecified atom stereocenters. The Labute approximate surface area is 131 Å². The van der Waals surface area contributed by atoms with E-state index in [1.165, 1.54) is 0 Å². The quantitative estimate of drug-likeness (QED) is 0.860. The summed E-state index contributed by atoms with van der Waals surface area (Å²) in [7, 11) is 0. The third-order valence-electron chi connectivity index (χ3n) is 3.79. The molecule has 0 spiro atoms. The van der Waals surface area contributed by atoms with Gasteiger partial charge < -0.3 is 19.3 Å². The van der Waals surface area contributed by atoms with E-state index in [0.29, 0.717) is 17.0 Å². The van der Waals surface area contributed by atoms with Crippen LogP contribution in [0, 0.1) is 6.92 Å². The van der Waals surface area contributed by atoms with Crippen LogP contribution in [0.5, 0.6) is 0 Å². The predicted molar refractivity (Wildman–Crippen MR) is 76.3 cm³/mol. The molecule has 1 aromatic carbocycles.